The zero-order chi connectivity index (χ0) is 21.3. The molecule has 9 nitrogen and oxygen atoms in total. The van der Waals surface area contributed by atoms with Crippen LogP contribution in [0.25, 0.3) is 0 Å². The number of rotatable bonds is 8. The fraction of sp³-hybridized carbons (Fsp3) is 0.318. The average Bonchev–Trinajstić information content (AvgIpc) is 2.82. The minimum atomic E-state index is 0.192. The van der Waals surface area contributed by atoms with Crippen LogP contribution < -0.4 is 9.64 Å². The number of nitrogens with zero attached hydrogens (tertiary/aromatic N) is 6. The van der Waals surface area contributed by atoms with Crippen molar-refractivity contribution in [1.29, 1.82) is 0 Å². The summed E-state index contributed by atoms with van der Waals surface area (Å²) in [6.45, 7) is 3.57. The molecule has 0 bridgehead atoms. The highest BCUT2D eigenvalue weighted by atomic mass is 16.5. The van der Waals surface area contributed by atoms with Gasteiger partial charge in [-0.2, -0.15) is 20.2 Å². The molecule has 0 amide bonds. The minimum absolute atomic E-state index is 0.192. The summed E-state index contributed by atoms with van der Waals surface area (Å²) < 4.78 is 11.3. The van der Waals surface area contributed by atoms with Gasteiger partial charge in [0.25, 0.3) is 0 Å². The highest BCUT2D eigenvalue weighted by Crippen LogP contribution is 2.20. The number of ether oxygens (including phenoxy) is 2. The van der Waals surface area contributed by atoms with Crippen LogP contribution in [0.1, 0.15) is 11.4 Å². The first-order chi connectivity index (χ1) is 15.3. The quantitative estimate of drug-likeness (QED) is 0.557. The van der Waals surface area contributed by atoms with Gasteiger partial charge in [0.05, 0.1) is 31.2 Å². The first-order valence-corrected chi connectivity index (χ1v) is 10.2. The molecular formula is C22H24N6O3. The van der Waals surface area contributed by atoms with Crippen LogP contribution >= 0.6 is 0 Å². The van der Waals surface area contributed by atoms with Crippen LogP contribution in [0.4, 0.5) is 11.5 Å². The van der Waals surface area contributed by atoms with Crippen LogP contribution in [0.15, 0.2) is 65.0 Å². The summed E-state index contributed by atoms with van der Waals surface area (Å²) in [7, 11) is 0. The van der Waals surface area contributed by atoms with E-state index in [2.05, 4.69) is 30.1 Å². The Labute approximate surface area is 180 Å². The summed E-state index contributed by atoms with van der Waals surface area (Å²) in [5, 5.41) is 17.8. The predicted octanol–water partition coefficient (Wildman–Crippen LogP) is 3.32. The zero-order valence-corrected chi connectivity index (χ0v) is 17.1. The van der Waals surface area contributed by atoms with Crippen LogP contribution in [0.3, 0.4) is 0 Å². The van der Waals surface area contributed by atoms with Crippen molar-refractivity contribution in [2.75, 3.05) is 37.8 Å². The monoisotopic (exact) mass is 420 g/mol. The third kappa shape index (κ3) is 6.19. The second-order valence-electron chi connectivity index (χ2n) is 6.93. The molecule has 0 atom stereocenters. The average molecular weight is 420 g/mol. The first kappa shape index (κ1) is 20.7. The summed E-state index contributed by atoms with van der Waals surface area (Å²) >= 11 is 0. The number of anilines is 1. The van der Waals surface area contributed by atoms with Crippen molar-refractivity contribution in [3.8, 4) is 11.8 Å². The predicted molar refractivity (Wildman–Crippen MR) is 115 cm³/mol. The van der Waals surface area contributed by atoms with E-state index in [9.17, 15) is 5.11 Å². The maximum atomic E-state index is 9.37. The summed E-state index contributed by atoms with van der Waals surface area (Å²) in [6.07, 6.45) is 2.43. The number of azo groups is 1. The fourth-order valence-corrected chi connectivity index (χ4v) is 3.06. The van der Waals surface area contributed by atoms with Crippen molar-refractivity contribution in [1.82, 2.24) is 15.0 Å². The maximum absolute atomic E-state index is 9.37. The van der Waals surface area contributed by atoms with Crippen molar-refractivity contribution in [2.24, 2.45) is 10.2 Å². The number of benzene rings is 1. The van der Waals surface area contributed by atoms with Crippen LogP contribution in [0.5, 0.6) is 11.8 Å². The van der Waals surface area contributed by atoms with E-state index in [1.54, 1.807) is 30.5 Å². The molecule has 3 heterocycles. The van der Waals surface area contributed by atoms with Crippen LogP contribution in [0, 0.1) is 0 Å². The molecule has 0 aliphatic carbocycles. The van der Waals surface area contributed by atoms with Crippen LogP contribution in [0.2, 0.25) is 0 Å². The lowest BCUT2D eigenvalue weighted by molar-refractivity contribution is 0.122. The lowest BCUT2D eigenvalue weighted by Crippen LogP contribution is -2.37. The van der Waals surface area contributed by atoms with Crippen LogP contribution in [-0.2, 0) is 17.7 Å². The van der Waals surface area contributed by atoms with Gasteiger partial charge in [-0.15, -0.1) is 0 Å². The van der Waals surface area contributed by atoms with E-state index in [1.807, 2.05) is 24.3 Å². The number of aromatic nitrogens is 3. The number of phenolic OH excluding ortho intramolecular Hbond substituents is 1. The van der Waals surface area contributed by atoms with Crippen molar-refractivity contribution in [2.45, 2.75) is 13.0 Å². The van der Waals surface area contributed by atoms with Crippen LogP contribution in [-0.4, -0.2) is 53.0 Å². The molecule has 9 heteroatoms. The second kappa shape index (κ2) is 10.4. The Bertz CT molecular complexity index is 992. The van der Waals surface area contributed by atoms with Gasteiger partial charge in [0.15, 0.2) is 0 Å². The highest BCUT2D eigenvalue weighted by Gasteiger charge is 2.15. The number of pyridine rings is 1. The molecule has 1 aliphatic rings. The molecule has 0 unspecified atom stereocenters. The highest BCUT2D eigenvalue weighted by molar-refractivity contribution is 5.42. The molecule has 2 aromatic heterocycles. The molecular weight excluding hydrogens is 396 g/mol. The molecule has 160 valence electrons. The SMILES string of the molecule is Oc1ccc(N=NCc2cc(N3CCOCC3)nc(OCCc3ccccn3)n2)cc1. The molecule has 1 saturated heterocycles. The smallest absolute Gasteiger partial charge is 0.318 e. The largest absolute Gasteiger partial charge is 0.508 e. The van der Waals surface area contributed by atoms with Gasteiger partial charge in [0.2, 0.25) is 0 Å². The molecule has 1 aliphatic heterocycles. The van der Waals surface area contributed by atoms with Gasteiger partial charge in [-0.1, -0.05) is 6.07 Å². The zero-order valence-electron chi connectivity index (χ0n) is 17.1. The Morgan fingerprint density at radius 1 is 1.03 bits per heavy atom. The topological polar surface area (TPSA) is 105 Å². The van der Waals surface area contributed by atoms with Gasteiger partial charge < -0.3 is 19.5 Å². The molecule has 0 saturated carbocycles. The molecule has 0 radical (unpaired) electrons. The Morgan fingerprint density at radius 3 is 2.65 bits per heavy atom. The number of aromatic hydroxyl groups is 1. The maximum Gasteiger partial charge on any atom is 0.318 e. The van der Waals surface area contributed by atoms with E-state index in [1.165, 1.54) is 0 Å². The van der Waals surface area contributed by atoms with Gasteiger partial charge in [0.1, 0.15) is 18.1 Å². The lowest BCUT2D eigenvalue weighted by Gasteiger charge is -2.28. The van der Waals surface area contributed by atoms with Gasteiger partial charge in [-0.3, -0.25) is 4.98 Å². The summed E-state index contributed by atoms with van der Waals surface area (Å²) in [5.74, 6) is 0.985. The third-order valence-electron chi connectivity index (χ3n) is 4.66. The lowest BCUT2D eigenvalue weighted by atomic mass is 10.3. The van der Waals surface area contributed by atoms with Crippen molar-refractivity contribution in [3.05, 3.63) is 66.1 Å². The number of phenols is 1. The Hall–Kier alpha value is -3.59. The minimum Gasteiger partial charge on any atom is -0.508 e. The molecule has 1 aromatic carbocycles. The molecule has 1 N–H and O–H groups in total. The summed E-state index contributed by atoms with van der Waals surface area (Å²) in [5.41, 5.74) is 2.33. The van der Waals surface area contributed by atoms with Gasteiger partial charge in [-0.25, -0.2) is 0 Å². The Kier molecular flexibility index (Phi) is 6.96. The molecule has 4 rings (SSSR count). The van der Waals surface area contributed by atoms with E-state index >= 15 is 0 Å². The normalized spacial score (nSPS) is 14.1. The van der Waals surface area contributed by atoms with E-state index in [4.69, 9.17) is 9.47 Å². The number of hydrogen-bond acceptors (Lipinski definition) is 9. The van der Waals surface area contributed by atoms with Crippen molar-refractivity contribution in [3.63, 3.8) is 0 Å². The van der Waals surface area contributed by atoms with E-state index in [-0.39, 0.29) is 12.3 Å². The second-order valence-corrected chi connectivity index (χ2v) is 6.93. The fourth-order valence-electron chi connectivity index (χ4n) is 3.06. The van der Waals surface area contributed by atoms with Gasteiger partial charge in [0, 0.05) is 37.5 Å². The van der Waals surface area contributed by atoms with Gasteiger partial charge >= 0.3 is 6.01 Å². The third-order valence-corrected chi connectivity index (χ3v) is 4.66. The molecule has 1 fully saturated rings. The molecule has 31 heavy (non-hydrogen) atoms. The first-order valence-electron chi connectivity index (χ1n) is 10.2. The number of morpholine rings is 1. The summed E-state index contributed by atoms with van der Waals surface area (Å²) in [6, 6.07) is 14.6. The number of hydrogen-bond donors (Lipinski definition) is 1. The van der Waals surface area contributed by atoms with Crippen molar-refractivity contribution >= 4 is 11.5 Å². The Balaban J connectivity index is 1.46. The van der Waals surface area contributed by atoms with E-state index in [0.29, 0.717) is 43.6 Å². The standard InChI is InChI=1S/C22H24N6O3/c29-20-6-4-18(5-7-20)27-24-16-19-15-21(28-10-13-30-14-11-28)26-22(25-19)31-12-8-17-3-1-2-9-23-17/h1-7,9,15,29H,8,10-14,16H2. The summed E-state index contributed by atoms with van der Waals surface area (Å²) in [4.78, 5) is 15.5. The Morgan fingerprint density at radius 2 is 1.87 bits per heavy atom. The molecule has 0 spiro atoms. The molecule has 3 aromatic rings. The van der Waals surface area contributed by atoms with E-state index in [0.717, 1.165) is 24.6 Å². The van der Waals surface area contributed by atoms with E-state index < -0.39 is 0 Å². The van der Waals surface area contributed by atoms with Gasteiger partial charge in [-0.05, 0) is 36.4 Å². The van der Waals surface area contributed by atoms with Crippen molar-refractivity contribution < 1.29 is 14.6 Å².